The first-order chi connectivity index (χ1) is 13.1. The first-order valence-electron chi connectivity index (χ1n) is 8.52. The van der Waals surface area contributed by atoms with E-state index in [0.29, 0.717) is 17.2 Å². The number of nitrogens with one attached hydrogen (secondary N) is 1. The van der Waals surface area contributed by atoms with Gasteiger partial charge in [0.1, 0.15) is 17.1 Å². The van der Waals surface area contributed by atoms with E-state index in [1.807, 2.05) is 36.4 Å². The van der Waals surface area contributed by atoms with Crippen molar-refractivity contribution < 1.29 is 19.1 Å². The predicted molar refractivity (Wildman–Crippen MR) is 103 cm³/mol. The van der Waals surface area contributed by atoms with E-state index in [-0.39, 0.29) is 5.56 Å². The fourth-order valence-electron chi connectivity index (χ4n) is 2.38. The average Bonchev–Trinajstić information content (AvgIpc) is 2.70. The van der Waals surface area contributed by atoms with Gasteiger partial charge in [-0.15, -0.1) is 0 Å². The van der Waals surface area contributed by atoms with Crippen molar-refractivity contribution in [1.82, 2.24) is 0 Å². The highest BCUT2D eigenvalue weighted by Gasteiger charge is 2.21. The molecular formula is C22H19NO4. The summed E-state index contributed by atoms with van der Waals surface area (Å²) in [6.07, 6.45) is -0.956. The second-order valence-electron chi connectivity index (χ2n) is 5.81. The maximum Gasteiger partial charge on any atom is 0.342 e. The zero-order chi connectivity index (χ0) is 19.1. The molecule has 0 saturated carbocycles. The van der Waals surface area contributed by atoms with Gasteiger partial charge in [0, 0.05) is 5.69 Å². The summed E-state index contributed by atoms with van der Waals surface area (Å²) in [5, 5.41) is 2.71. The van der Waals surface area contributed by atoms with Crippen LogP contribution in [0.1, 0.15) is 17.3 Å². The molecule has 0 heterocycles. The summed E-state index contributed by atoms with van der Waals surface area (Å²) in [4.78, 5) is 24.8. The molecule has 3 aromatic carbocycles. The highest BCUT2D eigenvalue weighted by Crippen LogP contribution is 2.26. The summed E-state index contributed by atoms with van der Waals surface area (Å²) in [6, 6.07) is 24.9. The number of hydrogen-bond acceptors (Lipinski definition) is 4. The van der Waals surface area contributed by atoms with Gasteiger partial charge in [-0.2, -0.15) is 0 Å². The summed E-state index contributed by atoms with van der Waals surface area (Å²) in [5.41, 5.74) is 0.888. The molecular weight excluding hydrogens is 342 g/mol. The number of rotatable bonds is 6. The molecule has 0 fully saturated rings. The molecule has 1 amide bonds. The van der Waals surface area contributed by atoms with Crippen LogP contribution in [0.2, 0.25) is 0 Å². The Bertz CT molecular complexity index is 910. The Labute approximate surface area is 157 Å². The largest absolute Gasteiger partial charge is 0.456 e. The summed E-state index contributed by atoms with van der Waals surface area (Å²) >= 11 is 0. The third-order valence-electron chi connectivity index (χ3n) is 3.77. The lowest BCUT2D eigenvalue weighted by Gasteiger charge is -2.15. The Morgan fingerprint density at radius 3 is 2.11 bits per heavy atom. The molecule has 0 spiro atoms. The van der Waals surface area contributed by atoms with Crippen LogP contribution in [-0.4, -0.2) is 18.0 Å². The molecule has 0 bridgehead atoms. The van der Waals surface area contributed by atoms with Crippen molar-refractivity contribution in [2.45, 2.75) is 13.0 Å². The predicted octanol–water partition coefficient (Wildman–Crippen LogP) is 4.66. The Balaban J connectivity index is 1.68. The van der Waals surface area contributed by atoms with Gasteiger partial charge in [0.2, 0.25) is 0 Å². The molecule has 0 aliphatic rings. The summed E-state index contributed by atoms with van der Waals surface area (Å²) in [5.74, 6) is -0.0646. The molecule has 0 saturated heterocycles. The molecule has 3 aromatic rings. The van der Waals surface area contributed by atoms with Crippen molar-refractivity contribution in [1.29, 1.82) is 0 Å². The van der Waals surface area contributed by atoms with Crippen LogP contribution in [0.3, 0.4) is 0 Å². The standard InChI is InChI=1S/C22H19NO4/c1-16(21(24)23-17-10-4-2-5-11-17)26-22(25)19-14-8-9-15-20(19)27-18-12-6-3-7-13-18/h2-16H,1H3,(H,23,24). The first kappa shape index (κ1) is 18.2. The molecule has 1 unspecified atom stereocenters. The molecule has 0 aliphatic heterocycles. The van der Waals surface area contributed by atoms with Crippen molar-refractivity contribution in [2.24, 2.45) is 0 Å². The smallest absolute Gasteiger partial charge is 0.342 e. The average molecular weight is 361 g/mol. The highest BCUT2D eigenvalue weighted by molar-refractivity contribution is 5.98. The topological polar surface area (TPSA) is 64.6 Å². The second-order valence-corrected chi connectivity index (χ2v) is 5.81. The Morgan fingerprint density at radius 2 is 1.41 bits per heavy atom. The fourth-order valence-corrected chi connectivity index (χ4v) is 2.38. The van der Waals surface area contributed by atoms with Crippen LogP contribution in [0.5, 0.6) is 11.5 Å². The maximum absolute atomic E-state index is 12.5. The number of hydrogen-bond donors (Lipinski definition) is 1. The summed E-state index contributed by atoms with van der Waals surface area (Å²) in [6.45, 7) is 1.52. The monoisotopic (exact) mass is 361 g/mol. The minimum absolute atomic E-state index is 0.251. The normalized spacial score (nSPS) is 11.3. The van der Waals surface area contributed by atoms with E-state index in [9.17, 15) is 9.59 Å². The SMILES string of the molecule is CC(OC(=O)c1ccccc1Oc1ccccc1)C(=O)Nc1ccccc1. The van der Waals surface area contributed by atoms with Crippen LogP contribution in [-0.2, 0) is 9.53 Å². The summed E-state index contributed by atoms with van der Waals surface area (Å²) in [7, 11) is 0. The lowest BCUT2D eigenvalue weighted by molar-refractivity contribution is -0.123. The number of para-hydroxylation sites is 3. The Hall–Kier alpha value is -3.60. The Kier molecular flexibility index (Phi) is 5.84. The van der Waals surface area contributed by atoms with E-state index >= 15 is 0 Å². The van der Waals surface area contributed by atoms with Gasteiger partial charge >= 0.3 is 5.97 Å². The number of ether oxygens (including phenoxy) is 2. The van der Waals surface area contributed by atoms with Gasteiger partial charge < -0.3 is 14.8 Å². The lowest BCUT2D eigenvalue weighted by Crippen LogP contribution is -2.30. The van der Waals surface area contributed by atoms with Gasteiger partial charge in [0.25, 0.3) is 5.91 Å². The Morgan fingerprint density at radius 1 is 0.815 bits per heavy atom. The number of anilines is 1. The molecule has 0 radical (unpaired) electrons. The van der Waals surface area contributed by atoms with E-state index < -0.39 is 18.0 Å². The van der Waals surface area contributed by atoms with E-state index in [1.54, 1.807) is 48.5 Å². The number of esters is 1. The van der Waals surface area contributed by atoms with Crippen molar-refractivity contribution in [3.05, 3.63) is 90.5 Å². The molecule has 136 valence electrons. The van der Waals surface area contributed by atoms with E-state index in [1.165, 1.54) is 6.92 Å². The third kappa shape index (κ3) is 4.95. The molecule has 3 rings (SSSR count). The summed E-state index contributed by atoms with van der Waals surface area (Å²) < 4.78 is 11.1. The molecule has 1 N–H and O–H groups in total. The quantitative estimate of drug-likeness (QED) is 0.649. The van der Waals surface area contributed by atoms with Crippen LogP contribution >= 0.6 is 0 Å². The van der Waals surface area contributed by atoms with Crippen molar-refractivity contribution >= 4 is 17.6 Å². The highest BCUT2D eigenvalue weighted by atomic mass is 16.5. The van der Waals surface area contributed by atoms with Crippen LogP contribution in [0, 0.1) is 0 Å². The van der Waals surface area contributed by atoms with Crippen LogP contribution in [0.4, 0.5) is 5.69 Å². The van der Waals surface area contributed by atoms with Crippen LogP contribution in [0.25, 0.3) is 0 Å². The van der Waals surface area contributed by atoms with Crippen molar-refractivity contribution in [3.63, 3.8) is 0 Å². The molecule has 0 aliphatic carbocycles. The van der Waals surface area contributed by atoms with Gasteiger partial charge in [-0.05, 0) is 43.3 Å². The number of benzene rings is 3. The van der Waals surface area contributed by atoms with Gasteiger partial charge in [0.05, 0.1) is 0 Å². The van der Waals surface area contributed by atoms with Crippen LogP contribution < -0.4 is 10.1 Å². The van der Waals surface area contributed by atoms with E-state index in [2.05, 4.69) is 5.32 Å². The maximum atomic E-state index is 12.5. The van der Waals surface area contributed by atoms with Gasteiger partial charge in [-0.1, -0.05) is 48.5 Å². The number of carbonyl (C=O) groups is 2. The molecule has 1 atom stereocenters. The zero-order valence-corrected chi connectivity index (χ0v) is 14.8. The first-order valence-corrected chi connectivity index (χ1v) is 8.52. The van der Waals surface area contributed by atoms with Gasteiger partial charge in [-0.3, -0.25) is 4.79 Å². The number of amides is 1. The fraction of sp³-hybridized carbons (Fsp3) is 0.0909. The second kappa shape index (κ2) is 8.67. The van der Waals surface area contributed by atoms with E-state index in [4.69, 9.17) is 9.47 Å². The number of carbonyl (C=O) groups excluding carboxylic acids is 2. The van der Waals surface area contributed by atoms with Crippen LogP contribution in [0.15, 0.2) is 84.9 Å². The van der Waals surface area contributed by atoms with Gasteiger partial charge in [0.15, 0.2) is 6.10 Å². The molecule has 5 nitrogen and oxygen atoms in total. The van der Waals surface area contributed by atoms with Crippen molar-refractivity contribution in [3.8, 4) is 11.5 Å². The van der Waals surface area contributed by atoms with Crippen molar-refractivity contribution in [2.75, 3.05) is 5.32 Å². The minimum Gasteiger partial charge on any atom is -0.456 e. The minimum atomic E-state index is -0.956. The van der Waals surface area contributed by atoms with E-state index in [0.717, 1.165) is 0 Å². The molecule has 0 aromatic heterocycles. The van der Waals surface area contributed by atoms with Gasteiger partial charge in [-0.25, -0.2) is 4.79 Å². The lowest BCUT2D eigenvalue weighted by atomic mass is 10.2. The zero-order valence-electron chi connectivity index (χ0n) is 14.8. The third-order valence-corrected chi connectivity index (χ3v) is 3.77. The molecule has 5 heteroatoms. The molecule has 27 heavy (non-hydrogen) atoms.